The van der Waals surface area contributed by atoms with Gasteiger partial charge in [0.1, 0.15) is 8.07 Å². The van der Waals surface area contributed by atoms with Gasteiger partial charge in [-0.05, 0) is 45.4 Å². The molecule has 2 aromatic carbocycles. The average molecular weight is 457 g/mol. The first-order valence-corrected chi connectivity index (χ1v) is 13.7. The number of rotatable bonds is 5. The fourth-order valence-corrected chi connectivity index (χ4v) is 6.58. The fourth-order valence-electron chi connectivity index (χ4n) is 3.56. The molecule has 0 radical (unpaired) electrons. The standard InChI is InChI=1S/C23H30BBrO2Si/c1-22(2)23(3,4)27-24(26-22)17-21(16-18-11-10-12-19(25)15-18)28(5,6)20-13-8-7-9-14-20/h7-16H,17H2,1-6H3/b21-16+. The molecular weight excluding hydrogens is 427 g/mol. The average Bonchev–Trinajstić information content (AvgIpc) is 2.81. The molecule has 0 aromatic heterocycles. The second kappa shape index (κ2) is 7.94. The molecule has 1 fully saturated rings. The van der Waals surface area contributed by atoms with Gasteiger partial charge in [0.15, 0.2) is 0 Å². The Morgan fingerprint density at radius 3 is 2.14 bits per heavy atom. The summed E-state index contributed by atoms with van der Waals surface area (Å²) in [5.41, 5.74) is 0.589. The van der Waals surface area contributed by atoms with Crippen molar-refractivity contribution in [1.82, 2.24) is 0 Å². The number of hydrogen-bond acceptors (Lipinski definition) is 2. The van der Waals surface area contributed by atoms with Crippen LogP contribution in [0.5, 0.6) is 0 Å². The van der Waals surface area contributed by atoms with Crippen molar-refractivity contribution in [3.8, 4) is 0 Å². The first-order valence-electron chi connectivity index (χ1n) is 9.89. The van der Waals surface area contributed by atoms with Crippen molar-refractivity contribution in [2.24, 2.45) is 0 Å². The Morgan fingerprint density at radius 2 is 1.57 bits per heavy atom. The Hall–Kier alpha value is -1.14. The highest BCUT2D eigenvalue weighted by atomic mass is 79.9. The molecule has 1 heterocycles. The van der Waals surface area contributed by atoms with Crippen molar-refractivity contribution in [2.45, 2.75) is 58.3 Å². The zero-order valence-electron chi connectivity index (χ0n) is 17.8. The summed E-state index contributed by atoms with van der Waals surface area (Å²) in [4.78, 5) is 0. The summed E-state index contributed by atoms with van der Waals surface area (Å²) in [6.07, 6.45) is 3.13. The van der Waals surface area contributed by atoms with Gasteiger partial charge in [0.2, 0.25) is 0 Å². The second-order valence-electron chi connectivity index (χ2n) is 9.11. The van der Waals surface area contributed by atoms with E-state index in [1.165, 1.54) is 15.9 Å². The van der Waals surface area contributed by atoms with E-state index in [1.807, 2.05) is 0 Å². The molecule has 2 nitrogen and oxygen atoms in total. The van der Waals surface area contributed by atoms with Gasteiger partial charge in [-0.2, -0.15) is 0 Å². The van der Waals surface area contributed by atoms with Gasteiger partial charge in [-0.25, -0.2) is 0 Å². The predicted molar refractivity (Wildman–Crippen MR) is 127 cm³/mol. The summed E-state index contributed by atoms with van der Waals surface area (Å²) in [7, 11) is -2.11. The van der Waals surface area contributed by atoms with Crippen LogP contribution < -0.4 is 5.19 Å². The van der Waals surface area contributed by atoms with Gasteiger partial charge in [0.25, 0.3) is 0 Å². The van der Waals surface area contributed by atoms with Gasteiger partial charge >= 0.3 is 7.12 Å². The molecule has 0 bridgehead atoms. The summed E-state index contributed by atoms with van der Waals surface area (Å²) in [6.45, 7) is 13.3. The molecule has 0 saturated carbocycles. The minimum atomic E-state index is -1.88. The van der Waals surface area contributed by atoms with Crippen LogP contribution in [0.1, 0.15) is 33.3 Å². The van der Waals surface area contributed by atoms with E-state index >= 15 is 0 Å². The molecule has 3 rings (SSSR count). The fraction of sp³-hybridized carbons (Fsp3) is 0.391. The maximum atomic E-state index is 6.34. The van der Waals surface area contributed by atoms with Crippen LogP contribution in [0.4, 0.5) is 0 Å². The topological polar surface area (TPSA) is 18.5 Å². The molecule has 1 aliphatic heterocycles. The summed E-state index contributed by atoms with van der Waals surface area (Å²) >= 11 is 3.60. The number of benzene rings is 2. The zero-order chi connectivity index (χ0) is 20.6. The third kappa shape index (κ3) is 4.54. The van der Waals surface area contributed by atoms with Gasteiger partial charge in [-0.3, -0.25) is 0 Å². The van der Waals surface area contributed by atoms with Gasteiger partial charge in [-0.1, -0.05) is 87.9 Å². The first kappa shape index (κ1) is 21.6. The van der Waals surface area contributed by atoms with Gasteiger partial charge < -0.3 is 9.31 Å². The van der Waals surface area contributed by atoms with Crippen LogP contribution in [0.15, 0.2) is 64.3 Å². The molecule has 5 heteroatoms. The summed E-state index contributed by atoms with van der Waals surface area (Å²) < 4.78 is 13.8. The van der Waals surface area contributed by atoms with Crippen molar-refractivity contribution in [2.75, 3.05) is 0 Å². The molecule has 1 aliphatic rings. The molecule has 0 amide bonds. The molecule has 148 valence electrons. The molecule has 0 aliphatic carbocycles. The normalized spacial score (nSPS) is 19.1. The molecule has 0 spiro atoms. The summed E-state index contributed by atoms with van der Waals surface area (Å²) in [6, 6.07) is 19.3. The molecular formula is C23H30BBrO2Si. The van der Waals surface area contributed by atoms with Gasteiger partial charge in [0.05, 0.1) is 11.2 Å². The van der Waals surface area contributed by atoms with Crippen LogP contribution in [-0.4, -0.2) is 26.4 Å². The minimum Gasteiger partial charge on any atom is -0.403 e. The Labute approximate surface area is 179 Å². The SMILES string of the molecule is CC1(C)OB(C/C(=C\c2cccc(Br)c2)[Si](C)(C)c2ccccc2)OC1(C)C. The van der Waals surface area contributed by atoms with Crippen LogP contribution in [-0.2, 0) is 9.31 Å². The highest BCUT2D eigenvalue weighted by Crippen LogP contribution is 2.39. The lowest BCUT2D eigenvalue weighted by Crippen LogP contribution is -2.45. The van der Waals surface area contributed by atoms with Gasteiger partial charge in [-0.15, -0.1) is 0 Å². The number of allylic oxidation sites excluding steroid dienone is 1. The molecule has 2 aromatic rings. The highest BCUT2D eigenvalue weighted by molar-refractivity contribution is 9.10. The Morgan fingerprint density at radius 1 is 0.964 bits per heavy atom. The zero-order valence-corrected chi connectivity index (χ0v) is 20.3. The Balaban J connectivity index is 1.98. The van der Waals surface area contributed by atoms with E-state index in [1.54, 1.807) is 0 Å². The van der Waals surface area contributed by atoms with E-state index in [-0.39, 0.29) is 18.3 Å². The Kier molecular flexibility index (Phi) is 6.12. The minimum absolute atomic E-state index is 0.223. The lowest BCUT2D eigenvalue weighted by atomic mass is 9.84. The maximum absolute atomic E-state index is 6.34. The van der Waals surface area contributed by atoms with E-state index in [9.17, 15) is 0 Å². The lowest BCUT2D eigenvalue weighted by molar-refractivity contribution is 0.00578. The maximum Gasteiger partial charge on any atom is 0.461 e. The van der Waals surface area contributed by atoms with Crippen LogP contribution in [0, 0.1) is 0 Å². The predicted octanol–water partition coefficient (Wildman–Crippen LogP) is 6.08. The van der Waals surface area contributed by atoms with E-state index < -0.39 is 8.07 Å². The van der Waals surface area contributed by atoms with E-state index in [2.05, 4.69) is 117 Å². The molecule has 0 N–H and O–H groups in total. The third-order valence-electron chi connectivity index (χ3n) is 6.18. The smallest absolute Gasteiger partial charge is 0.403 e. The largest absolute Gasteiger partial charge is 0.461 e. The molecule has 0 atom stereocenters. The van der Waals surface area contributed by atoms with Crippen molar-refractivity contribution < 1.29 is 9.31 Å². The first-order chi connectivity index (χ1) is 13.0. The number of hydrogen-bond donors (Lipinski definition) is 0. The van der Waals surface area contributed by atoms with Crippen LogP contribution in [0.25, 0.3) is 6.08 Å². The summed E-state index contributed by atoms with van der Waals surface area (Å²) in [5.74, 6) is 0. The van der Waals surface area contributed by atoms with Gasteiger partial charge in [0, 0.05) is 10.8 Å². The van der Waals surface area contributed by atoms with E-state index in [4.69, 9.17) is 9.31 Å². The van der Waals surface area contributed by atoms with Crippen molar-refractivity contribution in [1.29, 1.82) is 0 Å². The second-order valence-corrected chi connectivity index (χ2v) is 14.5. The van der Waals surface area contributed by atoms with Crippen molar-refractivity contribution >= 4 is 42.4 Å². The molecule has 1 saturated heterocycles. The molecule has 0 unspecified atom stereocenters. The third-order valence-corrected chi connectivity index (χ3v) is 10.4. The van der Waals surface area contributed by atoms with Crippen LogP contribution in [0.3, 0.4) is 0 Å². The summed E-state index contributed by atoms with van der Waals surface area (Å²) in [5, 5.41) is 2.85. The van der Waals surface area contributed by atoms with E-state index in [0.717, 1.165) is 10.8 Å². The van der Waals surface area contributed by atoms with Crippen molar-refractivity contribution in [3.63, 3.8) is 0 Å². The quantitative estimate of drug-likeness (QED) is 0.507. The van der Waals surface area contributed by atoms with Crippen LogP contribution >= 0.6 is 15.9 Å². The Bertz CT molecular complexity index is 846. The number of halogens is 1. The lowest BCUT2D eigenvalue weighted by Gasteiger charge is -2.32. The van der Waals surface area contributed by atoms with E-state index in [0.29, 0.717) is 0 Å². The molecule has 28 heavy (non-hydrogen) atoms. The highest BCUT2D eigenvalue weighted by Gasteiger charge is 2.51. The van der Waals surface area contributed by atoms with Crippen molar-refractivity contribution in [3.05, 3.63) is 69.8 Å². The monoisotopic (exact) mass is 456 g/mol. The van der Waals surface area contributed by atoms with Crippen LogP contribution in [0.2, 0.25) is 19.4 Å².